The van der Waals surface area contributed by atoms with Gasteiger partial charge in [0.2, 0.25) is 10.0 Å². The first kappa shape index (κ1) is 19.5. The van der Waals surface area contributed by atoms with Crippen molar-refractivity contribution in [3.8, 4) is 0 Å². The highest BCUT2D eigenvalue weighted by Crippen LogP contribution is 2.23. The van der Waals surface area contributed by atoms with E-state index in [2.05, 4.69) is 0 Å². The summed E-state index contributed by atoms with van der Waals surface area (Å²) in [6, 6.07) is 12.3. The Labute approximate surface area is 159 Å². The van der Waals surface area contributed by atoms with Gasteiger partial charge in [0.15, 0.2) is 0 Å². The predicted octanol–water partition coefficient (Wildman–Crippen LogP) is 2.68. The second-order valence-corrected chi connectivity index (χ2v) is 8.41. The fourth-order valence-electron chi connectivity index (χ4n) is 2.93. The van der Waals surface area contributed by atoms with Crippen molar-refractivity contribution in [3.63, 3.8) is 0 Å². The third-order valence-electron chi connectivity index (χ3n) is 4.63. The molecule has 144 valence electrons. The number of benzene rings is 2. The molecule has 6 nitrogen and oxygen atoms in total. The zero-order chi connectivity index (χ0) is 19.4. The summed E-state index contributed by atoms with van der Waals surface area (Å²) in [7, 11) is -3.68. The van der Waals surface area contributed by atoms with Crippen LogP contribution in [-0.4, -0.2) is 45.0 Å². The van der Waals surface area contributed by atoms with Crippen LogP contribution in [0.3, 0.4) is 0 Å². The molecule has 0 radical (unpaired) electrons. The number of hydrogen-bond donors (Lipinski definition) is 0. The van der Waals surface area contributed by atoms with Crippen molar-refractivity contribution in [1.82, 2.24) is 4.31 Å². The second-order valence-electron chi connectivity index (χ2n) is 6.50. The van der Waals surface area contributed by atoms with Gasteiger partial charge < -0.3 is 9.47 Å². The molecular weight excluding hydrogens is 366 g/mol. The highest BCUT2D eigenvalue weighted by Gasteiger charge is 2.28. The third kappa shape index (κ3) is 4.37. The summed E-state index contributed by atoms with van der Waals surface area (Å²) in [4.78, 5) is 12.6. The van der Waals surface area contributed by atoms with Crippen LogP contribution in [0.25, 0.3) is 0 Å². The van der Waals surface area contributed by atoms with Crippen molar-refractivity contribution >= 4 is 16.0 Å². The standard InChI is InChI=1S/C20H23NO5S/c1-15-5-3-4-6-18(15)14-26-20(22)17-8-7-16(2)19(13-17)27(23,24)21-9-11-25-12-10-21/h3-8,13H,9-12,14H2,1-2H3. The Balaban J connectivity index is 1.80. The van der Waals surface area contributed by atoms with E-state index in [9.17, 15) is 13.2 Å². The molecule has 0 aromatic heterocycles. The molecule has 0 aliphatic carbocycles. The summed E-state index contributed by atoms with van der Waals surface area (Å²) in [6.07, 6.45) is 0. The number of nitrogens with zero attached hydrogens (tertiary/aromatic N) is 1. The van der Waals surface area contributed by atoms with Gasteiger partial charge in [-0.1, -0.05) is 30.3 Å². The van der Waals surface area contributed by atoms with E-state index in [1.807, 2.05) is 31.2 Å². The molecule has 0 unspecified atom stereocenters. The molecule has 3 rings (SSSR count). The number of carbonyl (C=O) groups excluding carboxylic acids is 1. The van der Waals surface area contributed by atoms with Crippen LogP contribution < -0.4 is 0 Å². The first-order valence-electron chi connectivity index (χ1n) is 8.80. The average Bonchev–Trinajstić information content (AvgIpc) is 2.68. The van der Waals surface area contributed by atoms with E-state index in [0.717, 1.165) is 11.1 Å². The maximum absolute atomic E-state index is 12.9. The third-order valence-corrected chi connectivity index (χ3v) is 6.67. The molecule has 0 N–H and O–H groups in total. The molecule has 7 heteroatoms. The van der Waals surface area contributed by atoms with Crippen LogP contribution >= 0.6 is 0 Å². The Morgan fingerprint density at radius 1 is 1.07 bits per heavy atom. The minimum atomic E-state index is -3.68. The van der Waals surface area contributed by atoms with Crippen molar-refractivity contribution in [2.75, 3.05) is 26.3 Å². The Kier molecular flexibility index (Phi) is 5.94. The van der Waals surface area contributed by atoms with Gasteiger partial charge in [0.25, 0.3) is 0 Å². The van der Waals surface area contributed by atoms with Crippen molar-refractivity contribution in [2.45, 2.75) is 25.3 Å². The van der Waals surface area contributed by atoms with Gasteiger partial charge in [-0.3, -0.25) is 0 Å². The van der Waals surface area contributed by atoms with Crippen molar-refractivity contribution in [2.24, 2.45) is 0 Å². The molecule has 1 saturated heterocycles. The number of aryl methyl sites for hydroxylation is 2. The van der Waals surface area contributed by atoms with Gasteiger partial charge in [-0.05, 0) is 42.7 Å². The quantitative estimate of drug-likeness (QED) is 0.735. The minimum Gasteiger partial charge on any atom is -0.457 e. The largest absolute Gasteiger partial charge is 0.457 e. The smallest absolute Gasteiger partial charge is 0.338 e. The zero-order valence-corrected chi connectivity index (χ0v) is 16.3. The van der Waals surface area contributed by atoms with Crippen LogP contribution in [0.5, 0.6) is 0 Å². The average molecular weight is 389 g/mol. The van der Waals surface area contributed by atoms with E-state index in [-0.39, 0.29) is 17.1 Å². The normalized spacial score (nSPS) is 15.5. The maximum atomic E-state index is 12.9. The fourth-order valence-corrected chi connectivity index (χ4v) is 4.59. The van der Waals surface area contributed by atoms with Crippen LogP contribution in [0.4, 0.5) is 0 Å². The van der Waals surface area contributed by atoms with Crippen molar-refractivity contribution in [1.29, 1.82) is 0 Å². The molecule has 0 spiro atoms. The molecule has 1 aliphatic rings. The van der Waals surface area contributed by atoms with Gasteiger partial charge in [-0.15, -0.1) is 0 Å². The molecule has 1 aliphatic heterocycles. The first-order valence-corrected chi connectivity index (χ1v) is 10.2. The molecule has 2 aromatic rings. The Bertz CT molecular complexity index is 933. The van der Waals surface area contributed by atoms with Gasteiger partial charge in [-0.2, -0.15) is 4.31 Å². The van der Waals surface area contributed by atoms with Gasteiger partial charge in [0.1, 0.15) is 6.61 Å². The van der Waals surface area contributed by atoms with Crippen LogP contribution in [-0.2, 0) is 26.1 Å². The number of sulfonamides is 1. The summed E-state index contributed by atoms with van der Waals surface area (Å²) in [5, 5.41) is 0. The van der Waals surface area contributed by atoms with E-state index in [0.29, 0.717) is 31.9 Å². The van der Waals surface area contributed by atoms with Gasteiger partial charge in [-0.25, -0.2) is 13.2 Å². The van der Waals surface area contributed by atoms with Crippen molar-refractivity contribution < 1.29 is 22.7 Å². The molecule has 1 heterocycles. The fraction of sp³-hybridized carbons (Fsp3) is 0.350. The van der Waals surface area contributed by atoms with E-state index in [1.54, 1.807) is 19.1 Å². The van der Waals surface area contributed by atoms with E-state index < -0.39 is 16.0 Å². The van der Waals surface area contributed by atoms with Gasteiger partial charge in [0.05, 0.1) is 23.7 Å². The monoisotopic (exact) mass is 389 g/mol. The summed E-state index contributed by atoms with van der Waals surface area (Å²) < 4.78 is 37.8. The molecule has 1 fully saturated rings. The topological polar surface area (TPSA) is 72.9 Å². The molecular formula is C20H23NO5S. The van der Waals surface area contributed by atoms with E-state index in [4.69, 9.17) is 9.47 Å². The summed E-state index contributed by atoms with van der Waals surface area (Å²) >= 11 is 0. The Hall–Kier alpha value is -2.22. The van der Waals surface area contributed by atoms with E-state index >= 15 is 0 Å². The minimum absolute atomic E-state index is 0.134. The molecule has 0 atom stereocenters. The second kappa shape index (κ2) is 8.21. The molecule has 0 amide bonds. The van der Waals surface area contributed by atoms with Crippen LogP contribution in [0.2, 0.25) is 0 Å². The lowest BCUT2D eigenvalue weighted by molar-refractivity contribution is 0.0471. The summed E-state index contributed by atoms with van der Waals surface area (Å²) in [6.45, 7) is 5.17. The molecule has 2 aromatic carbocycles. The number of ether oxygens (including phenoxy) is 2. The Morgan fingerprint density at radius 3 is 2.48 bits per heavy atom. The molecule has 0 saturated carbocycles. The summed E-state index contributed by atoms with van der Waals surface area (Å²) in [5.74, 6) is -0.545. The SMILES string of the molecule is Cc1ccccc1COC(=O)c1ccc(C)c(S(=O)(=O)N2CCOCC2)c1. The highest BCUT2D eigenvalue weighted by molar-refractivity contribution is 7.89. The van der Waals surface area contributed by atoms with Crippen LogP contribution in [0.1, 0.15) is 27.0 Å². The number of hydrogen-bond acceptors (Lipinski definition) is 5. The van der Waals surface area contributed by atoms with Crippen LogP contribution in [0, 0.1) is 13.8 Å². The zero-order valence-electron chi connectivity index (χ0n) is 15.5. The van der Waals surface area contributed by atoms with Gasteiger partial charge >= 0.3 is 5.97 Å². The van der Waals surface area contributed by atoms with Crippen LogP contribution in [0.15, 0.2) is 47.4 Å². The number of esters is 1. The Morgan fingerprint density at radius 2 is 1.78 bits per heavy atom. The van der Waals surface area contributed by atoms with Crippen molar-refractivity contribution in [3.05, 3.63) is 64.7 Å². The highest BCUT2D eigenvalue weighted by atomic mass is 32.2. The molecule has 0 bridgehead atoms. The van der Waals surface area contributed by atoms with E-state index in [1.165, 1.54) is 10.4 Å². The number of carbonyl (C=O) groups is 1. The lowest BCUT2D eigenvalue weighted by Gasteiger charge is -2.26. The van der Waals surface area contributed by atoms with Gasteiger partial charge in [0, 0.05) is 13.1 Å². The maximum Gasteiger partial charge on any atom is 0.338 e. The summed E-state index contributed by atoms with van der Waals surface area (Å²) in [5.41, 5.74) is 2.77. The number of rotatable bonds is 5. The first-order chi connectivity index (χ1) is 12.9. The lowest BCUT2D eigenvalue weighted by atomic mass is 10.1. The lowest BCUT2D eigenvalue weighted by Crippen LogP contribution is -2.40. The molecule has 27 heavy (non-hydrogen) atoms. The number of morpholine rings is 1. The predicted molar refractivity (Wildman–Crippen MR) is 101 cm³/mol.